The molecule has 4 heteroatoms. The first-order chi connectivity index (χ1) is 9.33. The van der Waals surface area contributed by atoms with Crippen molar-refractivity contribution in [3.8, 4) is 17.3 Å². The summed E-state index contributed by atoms with van der Waals surface area (Å²) in [6, 6.07) is 12.9. The summed E-state index contributed by atoms with van der Waals surface area (Å²) in [5.41, 5.74) is 1.96. The maximum absolute atomic E-state index is 9.29. The van der Waals surface area contributed by atoms with Gasteiger partial charge in [-0.25, -0.2) is 4.98 Å². The number of hydrogen-bond acceptors (Lipinski definition) is 3. The van der Waals surface area contributed by atoms with Gasteiger partial charge >= 0.3 is 0 Å². The van der Waals surface area contributed by atoms with E-state index >= 15 is 0 Å². The lowest BCUT2D eigenvalue weighted by molar-refractivity contribution is 0.475. The van der Waals surface area contributed by atoms with Crippen molar-refractivity contribution in [3.63, 3.8) is 0 Å². The number of aromatic hydroxyl groups is 1. The Morgan fingerprint density at radius 1 is 0.947 bits per heavy atom. The Morgan fingerprint density at radius 3 is 2.53 bits per heavy atom. The van der Waals surface area contributed by atoms with Crippen molar-refractivity contribution in [2.24, 2.45) is 0 Å². The molecule has 1 aromatic carbocycles. The number of rotatable bonds is 3. The maximum atomic E-state index is 9.29. The van der Waals surface area contributed by atoms with Gasteiger partial charge in [0.1, 0.15) is 11.4 Å². The lowest BCUT2D eigenvalue weighted by Gasteiger charge is -2.07. The number of aromatic nitrogens is 3. The van der Waals surface area contributed by atoms with Crippen LogP contribution in [0.25, 0.3) is 11.5 Å². The van der Waals surface area contributed by atoms with Crippen LogP contribution < -0.4 is 0 Å². The van der Waals surface area contributed by atoms with Gasteiger partial charge in [0.15, 0.2) is 5.82 Å². The highest BCUT2D eigenvalue weighted by molar-refractivity contribution is 5.49. The highest BCUT2D eigenvalue weighted by atomic mass is 16.3. The summed E-state index contributed by atoms with van der Waals surface area (Å²) in [4.78, 5) is 8.67. The third-order valence-corrected chi connectivity index (χ3v) is 2.90. The molecule has 0 aliphatic rings. The molecule has 0 saturated heterocycles. The Hall–Kier alpha value is -2.62. The first kappa shape index (κ1) is 11.5. The fourth-order valence-electron chi connectivity index (χ4n) is 1.96. The summed E-state index contributed by atoms with van der Waals surface area (Å²) in [6.45, 7) is 0.701. The molecule has 3 rings (SSSR count). The van der Waals surface area contributed by atoms with Crippen molar-refractivity contribution in [3.05, 3.63) is 66.6 Å². The van der Waals surface area contributed by atoms with E-state index in [1.165, 1.54) is 0 Å². The third kappa shape index (κ3) is 2.47. The predicted molar refractivity (Wildman–Crippen MR) is 72.7 cm³/mol. The molecule has 0 saturated carbocycles. The van der Waals surface area contributed by atoms with E-state index in [-0.39, 0.29) is 5.75 Å². The van der Waals surface area contributed by atoms with Crippen LogP contribution in [-0.4, -0.2) is 19.6 Å². The second-order valence-corrected chi connectivity index (χ2v) is 4.26. The monoisotopic (exact) mass is 251 g/mol. The first-order valence-electron chi connectivity index (χ1n) is 6.03. The highest BCUT2D eigenvalue weighted by Crippen LogP contribution is 2.17. The number of phenols is 1. The number of hydrogen-bond donors (Lipinski definition) is 1. The Morgan fingerprint density at radius 2 is 1.79 bits per heavy atom. The number of nitrogens with zero attached hydrogens (tertiary/aromatic N) is 3. The standard InChI is InChI=1S/C15H13N3O/c19-13-6-4-12(5-7-13)11-18-10-9-17-15(18)14-3-1-2-8-16-14/h1-10,19H,11H2. The predicted octanol–water partition coefficient (Wildman–Crippen LogP) is 2.70. The highest BCUT2D eigenvalue weighted by Gasteiger charge is 2.06. The van der Waals surface area contributed by atoms with E-state index in [9.17, 15) is 5.11 Å². The molecule has 0 aliphatic heterocycles. The average Bonchev–Trinajstić information content (AvgIpc) is 2.90. The van der Waals surface area contributed by atoms with E-state index in [0.29, 0.717) is 6.54 Å². The molecular formula is C15H13N3O. The Labute approximate surface area is 111 Å². The molecule has 0 radical (unpaired) electrons. The lowest BCUT2D eigenvalue weighted by atomic mass is 10.2. The molecule has 2 heterocycles. The molecule has 19 heavy (non-hydrogen) atoms. The molecule has 3 aromatic rings. The van der Waals surface area contributed by atoms with Gasteiger partial charge in [-0.1, -0.05) is 18.2 Å². The Balaban J connectivity index is 1.91. The van der Waals surface area contributed by atoms with Crippen LogP contribution >= 0.6 is 0 Å². The van der Waals surface area contributed by atoms with Crippen LogP contribution in [0.5, 0.6) is 5.75 Å². The van der Waals surface area contributed by atoms with Gasteiger partial charge in [0, 0.05) is 25.1 Å². The van der Waals surface area contributed by atoms with E-state index in [1.807, 2.05) is 41.1 Å². The van der Waals surface area contributed by atoms with Crippen molar-refractivity contribution >= 4 is 0 Å². The Bertz CT molecular complexity index is 659. The zero-order valence-electron chi connectivity index (χ0n) is 10.3. The quantitative estimate of drug-likeness (QED) is 0.778. The zero-order chi connectivity index (χ0) is 13.1. The number of pyridine rings is 1. The first-order valence-corrected chi connectivity index (χ1v) is 6.03. The van der Waals surface area contributed by atoms with Crippen molar-refractivity contribution in [1.82, 2.24) is 14.5 Å². The van der Waals surface area contributed by atoms with Crippen LogP contribution in [0.3, 0.4) is 0 Å². The molecular weight excluding hydrogens is 238 g/mol. The smallest absolute Gasteiger partial charge is 0.158 e. The van der Waals surface area contributed by atoms with E-state index in [4.69, 9.17) is 0 Å². The van der Waals surface area contributed by atoms with Gasteiger partial charge in [-0.15, -0.1) is 0 Å². The average molecular weight is 251 g/mol. The van der Waals surface area contributed by atoms with Crippen molar-refractivity contribution in [2.75, 3.05) is 0 Å². The van der Waals surface area contributed by atoms with Crippen LogP contribution in [0.15, 0.2) is 61.1 Å². The normalized spacial score (nSPS) is 10.5. The molecule has 1 N–H and O–H groups in total. The molecule has 0 unspecified atom stereocenters. The second-order valence-electron chi connectivity index (χ2n) is 4.26. The minimum absolute atomic E-state index is 0.277. The number of phenolic OH excluding ortho intramolecular Hbond substituents is 1. The van der Waals surface area contributed by atoms with Gasteiger partial charge < -0.3 is 9.67 Å². The van der Waals surface area contributed by atoms with E-state index < -0.39 is 0 Å². The van der Waals surface area contributed by atoms with Gasteiger partial charge in [-0.3, -0.25) is 4.98 Å². The summed E-state index contributed by atoms with van der Waals surface area (Å²) in [7, 11) is 0. The lowest BCUT2D eigenvalue weighted by Crippen LogP contribution is -2.01. The van der Waals surface area contributed by atoms with Crippen LogP contribution in [0.2, 0.25) is 0 Å². The second kappa shape index (κ2) is 4.94. The molecule has 0 bridgehead atoms. The largest absolute Gasteiger partial charge is 0.508 e. The summed E-state index contributed by atoms with van der Waals surface area (Å²) >= 11 is 0. The molecule has 0 fully saturated rings. The van der Waals surface area contributed by atoms with Crippen molar-refractivity contribution in [1.29, 1.82) is 0 Å². The minimum atomic E-state index is 0.277. The molecule has 0 spiro atoms. The summed E-state index contributed by atoms with van der Waals surface area (Å²) in [6.07, 6.45) is 5.45. The SMILES string of the molecule is Oc1ccc(Cn2ccnc2-c2ccccn2)cc1. The fraction of sp³-hybridized carbons (Fsp3) is 0.0667. The maximum Gasteiger partial charge on any atom is 0.158 e. The van der Waals surface area contributed by atoms with E-state index in [2.05, 4.69) is 9.97 Å². The number of imidazole rings is 1. The third-order valence-electron chi connectivity index (χ3n) is 2.90. The summed E-state index contributed by atoms with van der Waals surface area (Å²) in [5, 5.41) is 9.29. The van der Waals surface area contributed by atoms with Crippen LogP contribution in [0, 0.1) is 0 Å². The molecule has 2 aromatic heterocycles. The number of benzene rings is 1. The zero-order valence-corrected chi connectivity index (χ0v) is 10.3. The Kier molecular flexibility index (Phi) is 2.98. The molecule has 0 aliphatic carbocycles. The molecule has 4 nitrogen and oxygen atoms in total. The van der Waals surface area contributed by atoms with Gasteiger partial charge in [0.05, 0.1) is 0 Å². The van der Waals surface area contributed by atoms with E-state index in [0.717, 1.165) is 17.1 Å². The van der Waals surface area contributed by atoms with Gasteiger partial charge in [0.25, 0.3) is 0 Å². The van der Waals surface area contributed by atoms with Gasteiger partial charge in [-0.05, 0) is 29.8 Å². The van der Waals surface area contributed by atoms with Crippen molar-refractivity contribution in [2.45, 2.75) is 6.54 Å². The fourth-order valence-corrected chi connectivity index (χ4v) is 1.96. The molecule has 0 atom stereocenters. The van der Waals surface area contributed by atoms with Crippen LogP contribution in [0.4, 0.5) is 0 Å². The minimum Gasteiger partial charge on any atom is -0.508 e. The topological polar surface area (TPSA) is 50.9 Å². The molecule has 0 amide bonds. The molecule has 94 valence electrons. The van der Waals surface area contributed by atoms with Crippen LogP contribution in [0.1, 0.15) is 5.56 Å². The van der Waals surface area contributed by atoms with Gasteiger partial charge in [0.2, 0.25) is 0 Å². The van der Waals surface area contributed by atoms with Crippen LogP contribution in [-0.2, 0) is 6.54 Å². The summed E-state index contributed by atoms with van der Waals surface area (Å²) in [5.74, 6) is 1.12. The van der Waals surface area contributed by atoms with Crippen molar-refractivity contribution < 1.29 is 5.11 Å². The van der Waals surface area contributed by atoms with Gasteiger partial charge in [-0.2, -0.15) is 0 Å². The summed E-state index contributed by atoms with van der Waals surface area (Å²) < 4.78 is 2.04. The van der Waals surface area contributed by atoms with E-state index in [1.54, 1.807) is 24.5 Å².